The standard InChI is InChI=1S/C12H15NO4/c1-7-5-10(14)13(11(7)15)6-8-3-2-4-9(8)12(16)17/h5,8-9H,2-4,6H2,1H3,(H,16,17). The Labute approximate surface area is 99.1 Å². The van der Waals surface area contributed by atoms with Crippen LogP contribution in [0.2, 0.25) is 0 Å². The SMILES string of the molecule is CC1=CC(=O)N(CC2CCCC2C(=O)O)C1=O. The van der Waals surface area contributed by atoms with Crippen molar-refractivity contribution in [3.8, 4) is 0 Å². The number of carboxylic acids is 1. The van der Waals surface area contributed by atoms with Gasteiger partial charge >= 0.3 is 5.97 Å². The fourth-order valence-electron chi connectivity index (χ4n) is 2.63. The third-order valence-electron chi connectivity index (χ3n) is 3.58. The molecule has 0 aromatic rings. The molecule has 1 saturated carbocycles. The second-order valence-corrected chi connectivity index (χ2v) is 4.72. The molecule has 5 nitrogen and oxygen atoms in total. The van der Waals surface area contributed by atoms with E-state index >= 15 is 0 Å². The predicted molar refractivity (Wildman–Crippen MR) is 58.9 cm³/mol. The van der Waals surface area contributed by atoms with Crippen molar-refractivity contribution < 1.29 is 19.5 Å². The largest absolute Gasteiger partial charge is 0.481 e. The van der Waals surface area contributed by atoms with Gasteiger partial charge in [0.25, 0.3) is 11.8 Å². The molecule has 1 N–H and O–H groups in total. The van der Waals surface area contributed by atoms with Gasteiger partial charge < -0.3 is 5.11 Å². The van der Waals surface area contributed by atoms with Crippen LogP contribution in [0.1, 0.15) is 26.2 Å². The predicted octanol–water partition coefficient (Wildman–Crippen LogP) is 0.802. The Morgan fingerprint density at radius 3 is 2.71 bits per heavy atom. The molecule has 1 aliphatic heterocycles. The van der Waals surface area contributed by atoms with Gasteiger partial charge in [0, 0.05) is 18.2 Å². The molecule has 2 rings (SSSR count). The number of hydrogen-bond acceptors (Lipinski definition) is 3. The van der Waals surface area contributed by atoms with E-state index in [0.717, 1.165) is 12.8 Å². The molecule has 5 heteroatoms. The number of amides is 2. The van der Waals surface area contributed by atoms with Crippen LogP contribution in [0.5, 0.6) is 0 Å². The number of carbonyl (C=O) groups is 3. The minimum absolute atomic E-state index is 0.0975. The Morgan fingerprint density at radius 1 is 1.47 bits per heavy atom. The van der Waals surface area contributed by atoms with Gasteiger partial charge in [-0.2, -0.15) is 0 Å². The highest BCUT2D eigenvalue weighted by Crippen LogP contribution is 2.33. The summed E-state index contributed by atoms with van der Waals surface area (Å²) in [6.07, 6.45) is 3.58. The summed E-state index contributed by atoms with van der Waals surface area (Å²) in [7, 11) is 0. The first kappa shape index (κ1) is 11.8. The molecule has 2 amide bonds. The highest BCUT2D eigenvalue weighted by Gasteiger charge is 2.38. The van der Waals surface area contributed by atoms with Crippen molar-refractivity contribution in [3.63, 3.8) is 0 Å². The first-order valence-electron chi connectivity index (χ1n) is 5.77. The maximum Gasteiger partial charge on any atom is 0.306 e. The monoisotopic (exact) mass is 237 g/mol. The fraction of sp³-hybridized carbons (Fsp3) is 0.583. The summed E-state index contributed by atoms with van der Waals surface area (Å²) < 4.78 is 0. The average Bonchev–Trinajstić information content (AvgIpc) is 2.80. The van der Waals surface area contributed by atoms with Crippen molar-refractivity contribution >= 4 is 17.8 Å². The number of hydrogen-bond donors (Lipinski definition) is 1. The number of carboxylic acid groups (broad SMARTS) is 1. The molecule has 1 aliphatic carbocycles. The van der Waals surface area contributed by atoms with Gasteiger partial charge in [0.15, 0.2) is 0 Å². The van der Waals surface area contributed by atoms with Crippen molar-refractivity contribution in [1.29, 1.82) is 0 Å². The van der Waals surface area contributed by atoms with Crippen molar-refractivity contribution in [1.82, 2.24) is 4.90 Å². The van der Waals surface area contributed by atoms with E-state index in [4.69, 9.17) is 5.11 Å². The van der Waals surface area contributed by atoms with Crippen LogP contribution in [-0.2, 0) is 14.4 Å². The Bertz CT molecular complexity index is 413. The van der Waals surface area contributed by atoms with Crippen molar-refractivity contribution in [2.45, 2.75) is 26.2 Å². The third-order valence-corrected chi connectivity index (χ3v) is 3.58. The zero-order valence-corrected chi connectivity index (χ0v) is 9.68. The van der Waals surface area contributed by atoms with Crippen LogP contribution < -0.4 is 0 Å². The molecule has 2 atom stereocenters. The zero-order valence-electron chi connectivity index (χ0n) is 9.68. The van der Waals surface area contributed by atoms with Crippen LogP contribution in [0.25, 0.3) is 0 Å². The average molecular weight is 237 g/mol. The lowest BCUT2D eigenvalue weighted by atomic mass is 9.95. The molecule has 0 bridgehead atoms. The number of aliphatic carboxylic acids is 1. The van der Waals surface area contributed by atoms with Gasteiger partial charge in [-0.3, -0.25) is 19.3 Å². The lowest BCUT2D eigenvalue weighted by molar-refractivity contribution is -0.145. The second-order valence-electron chi connectivity index (χ2n) is 4.72. The summed E-state index contributed by atoms with van der Waals surface area (Å²) in [4.78, 5) is 35.4. The highest BCUT2D eigenvalue weighted by molar-refractivity contribution is 6.15. The molecule has 0 aromatic carbocycles. The van der Waals surface area contributed by atoms with Gasteiger partial charge in [0.05, 0.1) is 5.92 Å². The smallest absolute Gasteiger partial charge is 0.306 e. The number of rotatable bonds is 3. The van der Waals surface area contributed by atoms with Crippen LogP contribution >= 0.6 is 0 Å². The van der Waals surface area contributed by atoms with Gasteiger partial charge in [0.2, 0.25) is 0 Å². The Balaban J connectivity index is 2.05. The first-order chi connectivity index (χ1) is 8.00. The molecule has 0 aromatic heterocycles. The Kier molecular flexibility index (Phi) is 3.00. The van der Waals surface area contributed by atoms with Crippen LogP contribution in [0, 0.1) is 11.8 Å². The molecule has 2 aliphatic rings. The molecule has 0 saturated heterocycles. The van der Waals surface area contributed by atoms with Gasteiger partial charge in [-0.05, 0) is 25.7 Å². The van der Waals surface area contributed by atoms with E-state index in [0.29, 0.717) is 12.0 Å². The van der Waals surface area contributed by atoms with E-state index in [1.54, 1.807) is 6.92 Å². The first-order valence-corrected chi connectivity index (χ1v) is 5.77. The Morgan fingerprint density at radius 2 is 2.18 bits per heavy atom. The molecule has 2 unspecified atom stereocenters. The van der Waals surface area contributed by atoms with Crippen LogP contribution in [-0.4, -0.2) is 34.3 Å². The van der Waals surface area contributed by atoms with Crippen molar-refractivity contribution in [2.24, 2.45) is 11.8 Å². The summed E-state index contributed by atoms with van der Waals surface area (Å²) in [5.74, 6) is -1.94. The lowest BCUT2D eigenvalue weighted by Crippen LogP contribution is -2.37. The quantitative estimate of drug-likeness (QED) is 0.737. The minimum Gasteiger partial charge on any atom is -0.481 e. The summed E-state index contributed by atoms with van der Waals surface area (Å²) in [6, 6.07) is 0. The normalized spacial score (nSPS) is 28.8. The van der Waals surface area contributed by atoms with E-state index in [1.807, 2.05) is 0 Å². The minimum atomic E-state index is -0.823. The summed E-state index contributed by atoms with van der Waals surface area (Å²) in [5.41, 5.74) is 0.430. The van der Waals surface area contributed by atoms with Crippen LogP contribution in [0.4, 0.5) is 0 Å². The second kappa shape index (κ2) is 4.31. The number of imide groups is 1. The zero-order chi connectivity index (χ0) is 12.6. The molecule has 17 heavy (non-hydrogen) atoms. The van der Waals surface area contributed by atoms with Crippen LogP contribution in [0.3, 0.4) is 0 Å². The van der Waals surface area contributed by atoms with Gasteiger partial charge in [-0.25, -0.2) is 0 Å². The molecular formula is C12H15NO4. The van der Waals surface area contributed by atoms with E-state index in [1.165, 1.54) is 11.0 Å². The fourth-order valence-corrected chi connectivity index (χ4v) is 2.63. The van der Waals surface area contributed by atoms with E-state index in [9.17, 15) is 14.4 Å². The highest BCUT2D eigenvalue weighted by atomic mass is 16.4. The van der Waals surface area contributed by atoms with E-state index < -0.39 is 11.9 Å². The third kappa shape index (κ3) is 2.09. The van der Waals surface area contributed by atoms with Gasteiger partial charge in [0.1, 0.15) is 0 Å². The molecule has 0 radical (unpaired) electrons. The van der Waals surface area contributed by atoms with Gasteiger partial charge in [-0.1, -0.05) is 6.42 Å². The molecule has 92 valence electrons. The van der Waals surface area contributed by atoms with Crippen molar-refractivity contribution in [2.75, 3.05) is 6.54 Å². The van der Waals surface area contributed by atoms with Crippen LogP contribution in [0.15, 0.2) is 11.6 Å². The van der Waals surface area contributed by atoms with E-state index in [-0.39, 0.29) is 24.3 Å². The van der Waals surface area contributed by atoms with Gasteiger partial charge in [-0.15, -0.1) is 0 Å². The lowest BCUT2D eigenvalue weighted by Gasteiger charge is -2.22. The summed E-state index contributed by atoms with van der Waals surface area (Å²) in [5, 5.41) is 9.04. The van der Waals surface area contributed by atoms with Crippen molar-refractivity contribution in [3.05, 3.63) is 11.6 Å². The number of carbonyl (C=O) groups excluding carboxylic acids is 2. The molecular weight excluding hydrogens is 222 g/mol. The summed E-state index contributed by atoms with van der Waals surface area (Å²) >= 11 is 0. The summed E-state index contributed by atoms with van der Waals surface area (Å²) in [6.45, 7) is 1.84. The molecule has 0 spiro atoms. The molecule has 1 heterocycles. The number of nitrogens with zero attached hydrogens (tertiary/aromatic N) is 1. The Hall–Kier alpha value is -1.65. The maximum atomic E-state index is 11.7. The topological polar surface area (TPSA) is 74.7 Å². The molecule has 1 fully saturated rings. The van der Waals surface area contributed by atoms with E-state index in [2.05, 4.69) is 0 Å². The maximum absolute atomic E-state index is 11.7.